The quantitative estimate of drug-likeness (QED) is 0.751. The molecule has 1 aromatic heterocycles. The Bertz CT molecular complexity index is 409. The predicted molar refractivity (Wildman–Crippen MR) is 72.3 cm³/mol. The van der Waals surface area contributed by atoms with Crippen molar-refractivity contribution < 1.29 is 4.74 Å². The van der Waals surface area contributed by atoms with Crippen LogP contribution in [0.3, 0.4) is 0 Å². The van der Waals surface area contributed by atoms with Crippen LogP contribution in [0.5, 0.6) is 5.88 Å². The first-order chi connectivity index (χ1) is 8.81. The number of hydrogen-bond acceptors (Lipinski definition) is 4. The Hall–Kier alpha value is -1.60. The normalized spacial score (nSPS) is 11.5. The van der Waals surface area contributed by atoms with Crippen molar-refractivity contribution in [1.82, 2.24) is 15.3 Å². The van der Waals surface area contributed by atoms with Gasteiger partial charge in [0.25, 0.3) is 0 Å². The molecule has 1 rings (SSSR count). The van der Waals surface area contributed by atoms with E-state index in [0.717, 1.165) is 31.5 Å². The number of rotatable bonds is 7. The van der Waals surface area contributed by atoms with Crippen molar-refractivity contribution in [2.45, 2.75) is 39.2 Å². The third kappa shape index (κ3) is 4.72. The molecule has 1 aromatic rings. The van der Waals surface area contributed by atoms with E-state index in [0.29, 0.717) is 5.88 Å². The smallest absolute Gasteiger partial charge is 0.216 e. The Morgan fingerprint density at radius 3 is 2.94 bits per heavy atom. The molecular weight excluding hydrogens is 226 g/mol. The molecule has 1 heterocycles. The van der Waals surface area contributed by atoms with Gasteiger partial charge >= 0.3 is 0 Å². The summed E-state index contributed by atoms with van der Waals surface area (Å²) in [7, 11) is 1.61. The van der Waals surface area contributed by atoms with Crippen LogP contribution in [0.4, 0.5) is 0 Å². The fourth-order valence-corrected chi connectivity index (χ4v) is 1.67. The maximum Gasteiger partial charge on any atom is 0.216 e. The molecule has 0 aliphatic heterocycles. The Labute approximate surface area is 109 Å². The van der Waals surface area contributed by atoms with Crippen LogP contribution in [0.25, 0.3) is 0 Å². The van der Waals surface area contributed by atoms with E-state index < -0.39 is 0 Å². The standard InChI is InChI=1S/C14H21N3O/c1-4-6-7-8-12(15-9-5-2)13-10-14(18-3)17-11-16-13/h10-12,15H,5,7-9H2,1-3H3. The van der Waals surface area contributed by atoms with E-state index in [1.807, 2.05) is 13.0 Å². The van der Waals surface area contributed by atoms with Crippen LogP contribution in [-0.2, 0) is 0 Å². The SMILES string of the molecule is CC#CCCC(NCCC)c1cc(OC)ncn1. The molecule has 0 saturated carbocycles. The molecule has 1 atom stereocenters. The molecule has 0 aliphatic rings. The Morgan fingerprint density at radius 2 is 2.28 bits per heavy atom. The summed E-state index contributed by atoms with van der Waals surface area (Å²) in [6, 6.07) is 2.09. The molecule has 0 fully saturated rings. The molecule has 0 bridgehead atoms. The molecular formula is C14H21N3O. The minimum absolute atomic E-state index is 0.211. The van der Waals surface area contributed by atoms with Crippen LogP contribution >= 0.6 is 0 Å². The average molecular weight is 247 g/mol. The van der Waals surface area contributed by atoms with Crippen LogP contribution in [-0.4, -0.2) is 23.6 Å². The van der Waals surface area contributed by atoms with E-state index in [1.54, 1.807) is 13.4 Å². The van der Waals surface area contributed by atoms with Crippen LogP contribution < -0.4 is 10.1 Å². The van der Waals surface area contributed by atoms with Gasteiger partial charge in [-0.25, -0.2) is 9.97 Å². The average Bonchev–Trinajstić information content (AvgIpc) is 2.42. The summed E-state index contributed by atoms with van der Waals surface area (Å²) in [6.07, 6.45) is 4.45. The number of methoxy groups -OCH3 is 1. The molecule has 0 aliphatic carbocycles. The molecule has 18 heavy (non-hydrogen) atoms. The van der Waals surface area contributed by atoms with E-state index in [4.69, 9.17) is 4.74 Å². The third-order valence-electron chi connectivity index (χ3n) is 2.60. The van der Waals surface area contributed by atoms with Gasteiger partial charge in [0.2, 0.25) is 5.88 Å². The second-order valence-corrected chi connectivity index (χ2v) is 3.96. The summed E-state index contributed by atoms with van der Waals surface area (Å²) < 4.78 is 5.13. The molecule has 98 valence electrons. The van der Waals surface area contributed by atoms with Gasteiger partial charge in [0.1, 0.15) is 6.33 Å². The predicted octanol–water partition coefficient (Wildman–Crippen LogP) is 2.33. The lowest BCUT2D eigenvalue weighted by Crippen LogP contribution is -2.23. The number of aromatic nitrogens is 2. The molecule has 0 amide bonds. The molecule has 4 heteroatoms. The third-order valence-corrected chi connectivity index (χ3v) is 2.60. The lowest BCUT2D eigenvalue weighted by Gasteiger charge is -2.17. The van der Waals surface area contributed by atoms with Crippen molar-refractivity contribution in [3.8, 4) is 17.7 Å². The number of nitrogens with one attached hydrogen (secondary N) is 1. The minimum atomic E-state index is 0.211. The summed E-state index contributed by atoms with van der Waals surface area (Å²) in [6.45, 7) is 4.98. The first-order valence-corrected chi connectivity index (χ1v) is 6.30. The highest BCUT2D eigenvalue weighted by atomic mass is 16.5. The Balaban J connectivity index is 2.74. The summed E-state index contributed by atoms with van der Waals surface area (Å²) in [5, 5.41) is 3.48. The van der Waals surface area contributed by atoms with Crippen LogP contribution in [0, 0.1) is 11.8 Å². The maximum atomic E-state index is 5.13. The van der Waals surface area contributed by atoms with Crippen molar-refractivity contribution in [3.63, 3.8) is 0 Å². The van der Waals surface area contributed by atoms with Gasteiger partial charge in [0, 0.05) is 12.5 Å². The van der Waals surface area contributed by atoms with Crippen LogP contribution in [0.2, 0.25) is 0 Å². The lowest BCUT2D eigenvalue weighted by atomic mass is 10.1. The second kappa shape index (κ2) is 8.48. The fraction of sp³-hybridized carbons (Fsp3) is 0.571. The molecule has 1 N–H and O–H groups in total. The topological polar surface area (TPSA) is 47.0 Å². The van der Waals surface area contributed by atoms with Crippen LogP contribution in [0.1, 0.15) is 44.8 Å². The molecule has 0 aromatic carbocycles. The van der Waals surface area contributed by atoms with Gasteiger partial charge in [-0.1, -0.05) is 6.92 Å². The molecule has 0 radical (unpaired) electrons. The Morgan fingerprint density at radius 1 is 1.44 bits per heavy atom. The van der Waals surface area contributed by atoms with Crippen molar-refractivity contribution in [1.29, 1.82) is 0 Å². The zero-order valence-corrected chi connectivity index (χ0v) is 11.4. The van der Waals surface area contributed by atoms with Crippen LogP contribution in [0.15, 0.2) is 12.4 Å². The first kappa shape index (κ1) is 14.5. The molecule has 1 unspecified atom stereocenters. The van der Waals surface area contributed by atoms with Crippen molar-refractivity contribution in [3.05, 3.63) is 18.1 Å². The summed E-state index contributed by atoms with van der Waals surface area (Å²) in [5.74, 6) is 6.61. The summed E-state index contributed by atoms with van der Waals surface area (Å²) in [4.78, 5) is 8.35. The van der Waals surface area contributed by atoms with Gasteiger partial charge in [0.05, 0.1) is 18.8 Å². The highest BCUT2D eigenvalue weighted by Gasteiger charge is 2.12. The van der Waals surface area contributed by atoms with Gasteiger partial charge in [-0.15, -0.1) is 11.8 Å². The van der Waals surface area contributed by atoms with E-state index >= 15 is 0 Å². The van der Waals surface area contributed by atoms with Crippen molar-refractivity contribution in [2.24, 2.45) is 0 Å². The van der Waals surface area contributed by atoms with E-state index in [9.17, 15) is 0 Å². The maximum absolute atomic E-state index is 5.13. The van der Waals surface area contributed by atoms with E-state index in [1.165, 1.54) is 0 Å². The van der Waals surface area contributed by atoms with E-state index in [-0.39, 0.29) is 6.04 Å². The van der Waals surface area contributed by atoms with Gasteiger partial charge in [0.15, 0.2) is 0 Å². The van der Waals surface area contributed by atoms with Gasteiger partial charge in [-0.3, -0.25) is 0 Å². The van der Waals surface area contributed by atoms with Gasteiger partial charge in [-0.2, -0.15) is 0 Å². The number of nitrogens with zero attached hydrogens (tertiary/aromatic N) is 2. The molecule has 0 spiro atoms. The fourth-order valence-electron chi connectivity index (χ4n) is 1.67. The monoisotopic (exact) mass is 247 g/mol. The first-order valence-electron chi connectivity index (χ1n) is 6.30. The zero-order chi connectivity index (χ0) is 13.2. The second-order valence-electron chi connectivity index (χ2n) is 3.96. The summed E-state index contributed by atoms with van der Waals surface area (Å²) >= 11 is 0. The van der Waals surface area contributed by atoms with Crippen molar-refractivity contribution in [2.75, 3.05) is 13.7 Å². The minimum Gasteiger partial charge on any atom is -0.481 e. The zero-order valence-electron chi connectivity index (χ0n) is 11.4. The summed E-state index contributed by atoms with van der Waals surface area (Å²) in [5.41, 5.74) is 0.966. The highest BCUT2D eigenvalue weighted by molar-refractivity contribution is 5.17. The molecule has 4 nitrogen and oxygen atoms in total. The number of ether oxygens (including phenoxy) is 1. The number of hydrogen-bond donors (Lipinski definition) is 1. The Kier molecular flexibility index (Phi) is 6.82. The van der Waals surface area contributed by atoms with Gasteiger partial charge in [-0.05, 0) is 26.3 Å². The van der Waals surface area contributed by atoms with Gasteiger partial charge < -0.3 is 10.1 Å². The largest absolute Gasteiger partial charge is 0.481 e. The highest BCUT2D eigenvalue weighted by Crippen LogP contribution is 2.18. The lowest BCUT2D eigenvalue weighted by molar-refractivity contribution is 0.393. The van der Waals surface area contributed by atoms with Crippen molar-refractivity contribution >= 4 is 0 Å². The van der Waals surface area contributed by atoms with E-state index in [2.05, 4.69) is 34.0 Å². The molecule has 0 saturated heterocycles.